The lowest BCUT2D eigenvalue weighted by Gasteiger charge is -2.14. The van der Waals surface area contributed by atoms with Gasteiger partial charge in [0, 0.05) is 12.6 Å². The number of carbonyl (C=O) groups excluding carboxylic acids is 1. The third kappa shape index (κ3) is 5.51. The fourth-order valence-corrected chi connectivity index (χ4v) is 1.37. The molecule has 0 heterocycles. The van der Waals surface area contributed by atoms with E-state index in [-0.39, 0.29) is 12.6 Å². The van der Waals surface area contributed by atoms with Crippen LogP contribution in [0.5, 0.6) is 0 Å². The van der Waals surface area contributed by atoms with Crippen LogP contribution in [0.25, 0.3) is 0 Å². The lowest BCUT2D eigenvalue weighted by Crippen LogP contribution is -2.35. The molecule has 0 fully saturated rings. The zero-order valence-corrected chi connectivity index (χ0v) is 11.1. The van der Waals surface area contributed by atoms with Crippen LogP contribution >= 0.6 is 0 Å². The van der Waals surface area contributed by atoms with Gasteiger partial charge >= 0.3 is 5.97 Å². The molecule has 0 radical (unpaired) electrons. The topological polar surface area (TPSA) is 82.3 Å². The van der Waals surface area contributed by atoms with E-state index in [4.69, 9.17) is 10.00 Å². The quantitative estimate of drug-likeness (QED) is 0.749. The summed E-state index contributed by atoms with van der Waals surface area (Å²) in [4.78, 5) is 11.7. The molecule has 19 heavy (non-hydrogen) atoms. The molecule has 0 aliphatic rings. The first-order valence-corrected chi connectivity index (χ1v) is 6.11. The van der Waals surface area contributed by atoms with E-state index in [9.17, 15) is 9.90 Å². The van der Waals surface area contributed by atoms with Gasteiger partial charge < -0.3 is 15.2 Å². The van der Waals surface area contributed by atoms with Crippen molar-refractivity contribution in [3.05, 3.63) is 35.4 Å². The van der Waals surface area contributed by atoms with E-state index in [1.54, 1.807) is 12.1 Å². The summed E-state index contributed by atoms with van der Waals surface area (Å²) in [6.45, 7) is 4.25. The normalized spacial score (nSPS) is 11.9. The third-order valence-electron chi connectivity index (χ3n) is 2.42. The van der Waals surface area contributed by atoms with Crippen molar-refractivity contribution in [3.8, 4) is 6.07 Å². The van der Waals surface area contributed by atoms with Gasteiger partial charge in [0.1, 0.15) is 12.7 Å². The molecule has 1 aromatic carbocycles. The van der Waals surface area contributed by atoms with Gasteiger partial charge in [-0.05, 0) is 24.3 Å². The third-order valence-corrected chi connectivity index (χ3v) is 2.42. The molecule has 0 saturated carbocycles. The molecule has 0 aliphatic heterocycles. The van der Waals surface area contributed by atoms with E-state index in [1.807, 2.05) is 19.9 Å². The van der Waals surface area contributed by atoms with Crippen LogP contribution in [-0.2, 0) is 4.74 Å². The Balaban J connectivity index is 2.40. The second-order valence-corrected chi connectivity index (χ2v) is 4.50. The predicted octanol–water partition coefficient (Wildman–Crippen LogP) is 1.07. The molecule has 0 saturated heterocycles. The number of aliphatic hydroxyl groups excluding tert-OH is 1. The molecule has 1 aromatic rings. The molecule has 0 spiro atoms. The minimum Gasteiger partial charge on any atom is -0.459 e. The van der Waals surface area contributed by atoms with Crippen molar-refractivity contribution in [3.63, 3.8) is 0 Å². The molecule has 0 aromatic heterocycles. The summed E-state index contributed by atoms with van der Waals surface area (Å²) in [6.07, 6.45) is -0.732. The molecule has 0 bridgehead atoms. The van der Waals surface area contributed by atoms with E-state index < -0.39 is 12.1 Å². The maximum atomic E-state index is 11.7. The fraction of sp³-hybridized carbons (Fsp3) is 0.429. The van der Waals surface area contributed by atoms with Gasteiger partial charge in [0.2, 0.25) is 0 Å². The van der Waals surface area contributed by atoms with Crippen LogP contribution < -0.4 is 5.32 Å². The van der Waals surface area contributed by atoms with E-state index in [1.165, 1.54) is 12.1 Å². The summed E-state index contributed by atoms with van der Waals surface area (Å²) in [5.74, 6) is -0.506. The summed E-state index contributed by atoms with van der Waals surface area (Å²) in [5.41, 5.74) is 0.848. The van der Waals surface area contributed by atoms with Gasteiger partial charge in [0.05, 0.1) is 17.2 Å². The zero-order chi connectivity index (χ0) is 14.3. The van der Waals surface area contributed by atoms with Crippen molar-refractivity contribution in [2.75, 3.05) is 13.2 Å². The predicted molar refractivity (Wildman–Crippen MR) is 70.6 cm³/mol. The molecule has 5 heteroatoms. The number of nitrogens with one attached hydrogen (secondary N) is 1. The number of nitrogens with zero attached hydrogens (tertiary/aromatic N) is 1. The molecule has 1 atom stereocenters. The highest BCUT2D eigenvalue weighted by Gasteiger charge is 2.11. The Bertz CT molecular complexity index is 449. The summed E-state index contributed by atoms with van der Waals surface area (Å²) >= 11 is 0. The average molecular weight is 262 g/mol. The van der Waals surface area contributed by atoms with Crippen LogP contribution in [0.1, 0.15) is 29.8 Å². The zero-order valence-electron chi connectivity index (χ0n) is 11.1. The van der Waals surface area contributed by atoms with Gasteiger partial charge in [-0.15, -0.1) is 0 Å². The minimum absolute atomic E-state index is 0.0570. The maximum absolute atomic E-state index is 11.7. The highest BCUT2D eigenvalue weighted by atomic mass is 16.5. The molecule has 1 rings (SSSR count). The van der Waals surface area contributed by atoms with Crippen molar-refractivity contribution in [2.45, 2.75) is 26.0 Å². The number of aliphatic hydroxyl groups is 1. The van der Waals surface area contributed by atoms with Gasteiger partial charge in [-0.25, -0.2) is 4.79 Å². The molecule has 0 aliphatic carbocycles. The smallest absolute Gasteiger partial charge is 0.338 e. The van der Waals surface area contributed by atoms with E-state index in [0.717, 1.165) is 0 Å². The Morgan fingerprint density at radius 1 is 1.42 bits per heavy atom. The van der Waals surface area contributed by atoms with Crippen LogP contribution in [0, 0.1) is 11.3 Å². The Morgan fingerprint density at radius 3 is 2.58 bits per heavy atom. The SMILES string of the molecule is CC(C)NC[C@H](O)COC(=O)c1ccc(C#N)cc1. The van der Waals surface area contributed by atoms with E-state index in [2.05, 4.69) is 5.32 Å². The second kappa shape index (κ2) is 7.52. The van der Waals surface area contributed by atoms with Crippen molar-refractivity contribution in [2.24, 2.45) is 0 Å². The Hall–Kier alpha value is -1.90. The van der Waals surface area contributed by atoms with Crippen molar-refractivity contribution < 1.29 is 14.6 Å². The van der Waals surface area contributed by atoms with Crippen LogP contribution in [0.4, 0.5) is 0 Å². The van der Waals surface area contributed by atoms with E-state index in [0.29, 0.717) is 17.7 Å². The van der Waals surface area contributed by atoms with Gasteiger partial charge in [0.25, 0.3) is 0 Å². The molecule has 102 valence electrons. The molecular weight excluding hydrogens is 244 g/mol. The van der Waals surface area contributed by atoms with Crippen LogP contribution in [0.15, 0.2) is 24.3 Å². The van der Waals surface area contributed by atoms with Crippen LogP contribution in [0.2, 0.25) is 0 Å². The molecule has 2 N–H and O–H groups in total. The van der Waals surface area contributed by atoms with Crippen molar-refractivity contribution >= 4 is 5.97 Å². The first-order chi connectivity index (χ1) is 9.02. The lowest BCUT2D eigenvalue weighted by atomic mass is 10.1. The summed E-state index contributed by atoms with van der Waals surface area (Å²) in [5, 5.41) is 21.3. The highest BCUT2D eigenvalue weighted by molar-refractivity contribution is 5.89. The molecule has 0 unspecified atom stereocenters. The number of hydrogen-bond donors (Lipinski definition) is 2. The fourth-order valence-electron chi connectivity index (χ4n) is 1.37. The number of ether oxygens (including phenoxy) is 1. The second-order valence-electron chi connectivity index (χ2n) is 4.50. The summed E-state index contributed by atoms with van der Waals surface area (Å²) < 4.78 is 4.98. The van der Waals surface area contributed by atoms with Crippen molar-refractivity contribution in [1.82, 2.24) is 5.32 Å². The van der Waals surface area contributed by atoms with Crippen LogP contribution in [-0.4, -0.2) is 36.4 Å². The van der Waals surface area contributed by atoms with Gasteiger partial charge in [-0.1, -0.05) is 13.8 Å². The minimum atomic E-state index is -0.732. The van der Waals surface area contributed by atoms with Gasteiger partial charge in [-0.3, -0.25) is 0 Å². The first kappa shape index (κ1) is 15.2. The largest absolute Gasteiger partial charge is 0.459 e. The monoisotopic (exact) mass is 262 g/mol. The van der Waals surface area contributed by atoms with Gasteiger partial charge in [0.15, 0.2) is 0 Å². The standard InChI is InChI=1S/C14H18N2O3/c1-10(2)16-8-13(17)9-19-14(18)12-5-3-11(7-15)4-6-12/h3-6,10,13,16-17H,8-9H2,1-2H3/t13-/m0/s1. The van der Waals surface area contributed by atoms with Crippen LogP contribution in [0.3, 0.4) is 0 Å². The van der Waals surface area contributed by atoms with Crippen molar-refractivity contribution in [1.29, 1.82) is 5.26 Å². The number of carbonyl (C=O) groups is 1. The Labute approximate surface area is 112 Å². The lowest BCUT2D eigenvalue weighted by molar-refractivity contribution is 0.0256. The summed E-state index contributed by atoms with van der Waals surface area (Å²) in [7, 11) is 0. The number of nitriles is 1. The number of esters is 1. The summed E-state index contributed by atoms with van der Waals surface area (Å²) in [6, 6.07) is 8.39. The molecule has 5 nitrogen and oxygen atoms in total. The number of hydrogen-bond acceptors (Lipinski definition) is 5. The van der Waals surface area contributed by atoms with E-state index >= 15 is 0 Å². The first-order valence-electron chi connectivity index (χ1n) is 6.11. The maximum Gasteiger partial charge on any atom is 0.338 e. The average Bonchev–Trinajstić information content (AvgIpc) is 2.42. The number of benzene rings is 1. The molecule has 0 amide bonds. The Kier molecular flexibility index (Phi) is 6.00. The Morgan fingerprint density at radius 2 is 2.05 bits per heavy atom. The number of rotatable bonds is 6. The highest BCUT2D eigenvalue weighted by Crippen LogP contribution is 2.05. The molecular formula is C14H18N2O3. The van der Waals surface area contributed by atoms with Gasteiger partial charge in [-0.2, -0.15) is 5.26 Å².